The monoisotopic (exact) mass is 321 g/mol. The minimum Gasteiger partial charge on any atom is -0.387 e. The standard InChI is InChI=1S/C13H17Cl2NO2S/c1-13(18,8-19-2)7-16-12(17)6-9-3-4-10(14)11(15)5-9/h3-5,18H,6-8H2,1-2H3,(H,16,17)/t13-/m0/s1. The summed E-state index contributed by atoms with van der Waals surface area (Å²) in [6, 6.07) is 5.09. The van der Waals surface area contributed by atoms with Crippen molar-refractivity contribution in [2.24, 2.45) is 0 Å². The van der Waals surface area contributed by atoms with Crippen LogP contribution in [0.4, 0.5) is 0 Å². The van der Waals surface area contributed by atoms with Crippen LogP contribution in [0.3, 0.4) is 0 Å². The first-order chi connectivity index (χ1) is 8.84. The van der Waals surface area contributed by atoms with Crippen LogP contribution in [-0.2, 0) is 11.2 Å². The van der Waals surface area contributed by atoms with E-state index in [-0.39, 0.29) is 18.9 Å². The fraction of sp³-hybridized carbons (Fsp3) is 0.462. The predicted molar refractivity (Wildman–Crippen MR) is 82.2 cm³/mol. The number of carbonyl (C=O) groups is 1. The summed E-state index contributed by atoms with van der Waals surface area (Å²) in [7, 11) is 0. The zero-order valence-corrected chi connectivity index (χ0v) is 13.2. The smallest absolute Gasteiger partial charge is 0.224 e. The van der Waals surface area contributed by atoms with Crippen molar-refractivity contribution in [3.63, 3.8) is 0 Å². The van der Waals surface area contributed by atoms with Crippen LogP contribution in [0.25, 0.3) is 0 Å². The Balaban J connectivity index is 2.49. The van der Waals surface area contributed by atoms with E-state index in [0.29, 0.717) is 15.8 Å². The number of hydrogen-bond donors (Lipinski definition) is 2. The maximum Gasteiger partial charge on any atom is 0.224 e. The van der Waals surface area contributed by atoms with Gasteiger partial charge in [-0.25, -0.2) is 0 Å². The molecule has 0 radical (unpaired) electrons. The van der Waals surface area contributed by atoms with Gasteiger partial charge < -0.3 is 10.4 Å². The Kier molecular flexibility index (Phi) is 6.47. The maximum absolute atomic E-state index is 11.8. The summed E-state index contributed by atoms with van der Waals surface area (Å²) in [5.74, 6) is 0.417. The molecule has 0 heterocycles. The summed E-state index contributed by atoms with van der Waals surface area (Å²) >= 11 is 13.2. The highest BCUT2D eigenvalue weighted by Gasteiger charge is 2.20. The molecule has 1 amide bonds. The SMILES string of the molecule is CSC[C@@](C)(O)CNC(=O)Cc1ccc(Cl)c(Cl)c1. The number of thioether (sulfide) groups is 1. The van der Waals surface area contributed by atoms with E-state index in [1.54, 1.807) is 25.1 Å². The lowest BCUT2D eigenvalue weighted by Gasteiger charge is -2.22. The van der Waals surface area contributed by atoms with Gasteiger partial charge in [-0.15, -0.1) is 0 Å². The van der Waals surface area contributed by atoms with Gasteiger partial charge in [0, 0.05) is 12.3 Å². The minimum absolute atomic E-state index is 0.153. The van der Waals surface area contributed by atoms with E-state index < -0.39 is 5.60 Å². The van der Waals surface area contributed by atoms with E-state index in [1.165, 1.54) is 11.8 Å². The number of amides is 1. The molecule has 0 aliphatic carbocycles. The Bertz CT molecular complexity index is 452. The molecule has 0 aliphatic rings. The van der Waals surface area contributed by atoms with Crippen LogP contribution in [-0.4, -0.2) is 35.2 Å². The van der Waals surface area contributed by atoms with Crippen LogP contribution in [0.15, 0.2) is 18.2 Å². The Morgan fingerprint density at radius 3 is 2.68 bits per heavy atom. The summed E-state index contributed by atoms with van der Waals surface area (Å²) in [6.45, 7) is 1.93. The number of aliphatic hydroxyl groups is 1. The Morgan fingerprint density at radius 1 is 1.42 bits per heavy atom. The third-order valence-electron chi connectivity index (χ3n) is 2.47. The van der Waals surface area contributed by atoms with Gasteiger partial charge in [0.1, 0.15) is 0 Å². The molecule has 0 saturated heterocycles. The molecule has 0 unspecified atom stereocenters. The lowest BCUT2D eigenvalue weighted by atomic mass is 10.1. The topological polar surface area (TPSA) is 49.3 Å². The second kappa shape index (κ2) is 7.39. The molecule has 19 heavy (non-hydrogen) atoms. The van der Waals surface area contributed by atoms with Crippen molar-refractivity contribution in [3.8, 4) is 0 Å². The van der Waals surface area contributed by atoms with E-state index in [2.05, 4.69) is 5.32 Å². The molecule has 1 aromatic carbocycles. The predicted octanol–water partition coefficient (Wildman–Crippen LogP) is 2.77. The highest BCUT2D eigenvalue weighted by molar-refractivity contribution is 7.98. The van der Waals surface area contributed by atoms with Crippen molar-refractivity contribution in [3.05, 3.63) is 33.8 Å². The lowest BCUT2D eigenvalue weighted by Crippen LogP contribution is -2.42. The molecular formula is C13H17Cl2NO2S. The van der Waals surface area contributed by atoms with Gasteiger partial charge >= 0.3 is 0 Å². The molecule has 0 bridgehead atoms. The quantitative estimate of drug-likeness (QED) is 0.847. The van der Waals surface area contributed by atoms with Crippen LogP contribution >= 0.6 is 35.0 Å². The molecular weight excluding hydrogens is 305 g/mol. The fourth-order valence-electron chi connectivity index (χ4n) is 1.55. The third-order valence-corrected chi connectivity index (χ3v) is 4.12. The highest BCUT2D eigenvalue weighted by Crippen LogP contribution is 2.22. The number of nitrogens with one attached hydrogen (secondary N) is 1. The molecule has 0 aromatic heterocycles. The minimum atomic E-state index is -0.896. The van der Waals surface area contributed by atoms with E-state index >= 15 is 0 Å². The van der Waals surface area contributed by atoms with Crippen molar-refractivity contribution in [2.45, 2.75) is 18.9 Å². The molecule has 1 atom stereocenters. The van der Waals surface area contributed by atoms with Crippen molar-refractivity contribution < 1.29 is 9.90 Å². The van der Waals surface area contributed by atoms with Crippen molar-refractivity contribution in [2.75, 3.05) is 18.6 Å². The molecule has 1 rings (SSSR count). The number of halogens is 2. The molecule has 0 aliphatic heterocycles. The van der Waals surface area contributed by atoms with Gasteiger partial charge in [-0.3, -0.25) is 4.79 Å². The Hall–Kier alpha value is -0.420. The largest absolute Gasteiger partial charge is 0.387 e. The van der Waals surface area contributed by atoms with Crippen LogP contribution in [0, 0.1) is 0 Å². The van der Waals surface area contributed by atoms with Gasteiger partial charge in [-0.1, -0.05) is 29.3 Å². The zero-order valence-electron chi connectivity index (χ0n) is 10.9. The van der Waals surface area contributed by atoms with Gasteiger partial charge in [0.25, 0.3) is 0 Å². The third kappa shape index (κ3) is 6.04. The van der Waals surface area contributed by atoms with Crippen LogP contribution in [0.5, 0.6) is 0 Å². The van der Waals surface area contributed by atoms with Gasteiger partial charge in [0.15, 0.2) is 0 Å². The van der Waals surface area contributed by atoms with Crippen molar-refractivity contribution >= 4 is 40.9 Å². The van der Waals surface area contributed by atoms with E-state index in [9.17, 15) is 9.90 Å². The highest BCUT2D eigenvalue weighted by atomic mass is 35.5. The molecule has 3 nitrogen and oxygen atoms in total. The van der Waals surface area contributed by atoms with Gasteiger partial charge in [-0.05, 0) is 30.9 Å². The summed E-state index contributed by atoms with van der Waals surface area (Å²) in [5.41, 5.74) is -0.108. The Morgan fingerprint density at radius 2 is 2.11 bits per heavy atom. The second-order valence-electron chi connectivity index (χ2n) is 4.63. The number of carbonyl (C=O) groups excluding carboxylic acids is 1. The average molecular weight is 322 g/mol. The number of benzene rings is 1. The van der Waals surface area contributed by atoms with Crippen molar-refractivity contribution in [1.82, 2.24) is 5.32 Å². The summed E-state index contributed by atoms with van der Waals surface area (Å²) in [5, 5.41) is 13.5. The molecule has 0 fully saturated rings. The molecule has 2 N–H and O–H groups in total. The van der Waals surface area contributed by atoms with Crippen LogP contribution in [0.1, 0.15) is 12.5 Å². The molecule has 0 saturated carbocycles. The van der Waals surface area contributed by atoms with Gasteiger partial charge in [0.05, 0.1) is 22.1 Å². The van der Waals surface area contributed by atoms with Crippen LogP contribution < -0.4 is 5.32 Å². The lowest BCUT2D eigenvalue weighted by molar-refractivity contribution is -0.121. The first kappa shape index (κ1) is 16.6. The molecule has 1 aromatic rings. The Labute approximate surface area is 127 Å². The number of rotatable bonds is 6. The molecule has 106 valence electrons. The van der Waals surface area contributed by atoms with Crippen LogP contribution in [0.2, 0.25) is 10.0 Å². The van der Waals surface area contributed by atoms with E-state index in [0.717, 1.165) is 5.56 Å². The van der Waals surface area contributed by atoms with E-state index in [4.69, 9.17) is 23.2 Å². The van der Waals surface area contributed by atoms with Crippen molar-refractivity contribution in [1.29, 1.82) is 0 Å². The molecule has 6 heteroatoms. The zero-order chi connectivity index (χ0) is 14.5. The van der Waals surface area contributed by atoms with Gasteiger partial charge in [0.2, 0.25) is 5.91 Å². The van der Waals surface area contributed by atoms with Gasteiger partial charge in [-0.2, -0.15) is 11.8 Å². The first-order valence-corrected chi connectivity index (χ1v) is 7.91. The second-order valence-corrected chi connectivity index (χ2v) is 6.31. The molecule has 0 spiro atoms. The first-order valence-electron chi connectivity index (χ1n) is 5.76. The maximum atomic E-state index is 11.8. The normalized spacial score (nSPS) is 13.9. The summed E-state index contributed by atoms with van der Waals surface area (Å²) < 4.78 is 0. The fourth-order valence-corrected chi connectivity index (χ4v) is 2.59. The van der Waals surface area contributed by atoms with E-state index in [1.807, 2.05) is 6.26 Å². The summed E-state index contributed by atoms with van der Waals surface area (Å²) in [6.07, 6.45) is 2.12. The number of hydrogen-bond acceptors (Lipinski definition) is 3. The average Bonchev–Trinajstić information content (AvgIpc) is 2.32. The summed E-state index contributed by atoms with van der Waals surface area (Å²) in [4.78, 5) is 11.8.